The van der Waals surface area contributed by atoms with E-state index in [1.165, 1.54) is 64.4 Å². The zero-order valence-corrected chi connectivity index (χ0v) is 21.3. The highest BCUT2D eigenvalue weighted by Crippen LogP contribution is 2.28. The number of hydrogen-bond donors (Lipinski definition) is 4. The number of carbonyl (C=O) groups excluding carboxylic acids is 2. The normalized spacial score (nSPS) is 21.4. The lowest BCUT2D eigenvalue weighted by atomic mass is 9.88. The predicted molar refractivity (Wildman–Crippen MR) is 133 cm³/mol. The van der Waals surface area contributed by atoms with E-state index < -0.39 is 48.8 Å². The molecule has 9 heteroatoms. The van der Waals surface area contributed by atoms with Gasteiger partial charge in [-0.15, -0.1) is 0 Å². The van der Waals surface area contributed by atoms with Gasteiger partial charge in [-0.1, -0.05) is 77.6 Å². The van der Waals surface area contributed by atoms with Gasteiger partial charge in [-0.05, 0) is 12.5 Å². The van der Waals surface area contributed by atoms with E-state index >= 15 is 0 Å². The highest BCUT2D eigenvalue weighted by atomic mass is 19.1. The predicted octanol–water partition coefficient (Wildman–Crippen LogP) is 3.98. The van der Waals surface area contributed by atoms with Crippen LogP contribution in [0.25, 0.3) is 0 Å². The molecule has 0 bridgehead atoms. The lowest BCUT2D eigenvalue weighted by Gasteiger charge is -2.38. The zero-order chi connectivity index (χ0) is 26.1. The third kappa shape index (κ3) is 12.0. The van der Waals surface area contributed by atoms with E-state index in [2.05, 4.69) is 12.2 Å². The fraction of sp³-hybridized carbons (Fsp3) is 0.808. The van der Waals surface area contributed by atoms with Gasteiger partial charge in [-0.25, -0.2) is 9.18 Å². The van der Waals surface area contributed by atoms with Crippen molar-refractivity contribution in [3.8, 4) is 0 Å². The molecule has 4 N–H and O–H groups in total. The molecule has 0 aliphatic carbocycles. The number of halogens is 1. The maximum absolute atomic E-state index is 14.8. The number of amides is 1. The summed E-state index contributed by atoms with van der Waals surface area (Å²) in [7, 11) is 0. The Balaban J connectivity index is 2.42. The third-order valence-corrected chi connectivity index (χ3v) is 6.24. The van der Waals surface area contributed by atoms with Crippen molar-refractivity contribution >= 4 is 18.1 Å². The first-order valence-electron chi connectivity index (χ1n) is 13.1. The van der Waals surface area contributed by atoms with Gasteiger partial charge in [0.25, 0.3) is 0 Å². The Labute approximate surface area is 209 Å². The first-order chi connectivity index (χ1) is 16.8. The van der Waals surface area contributed by atoms with Crippen LogP contribution < -0.4 is 5.32 Å². The molecule has 1 heterocycles. The minimum absolute atomic E-state index is 0.199. The molecule has 8 nitrogen and oxygen atoms in total. The van der Waals surface area contributed by atoms with Crippen molar-refractivity contribution in [3.05, 3.63) is 11.8 Å². The lowest BCUT2D eigenvalue weighted by molar-refractivity contribution is -0.148. The minimum atomic E-state index is -2.09. The summed E-state index contributed by atoms with van der Waals surface area (Å²) in [4.78, 5) is 24.0. The quantitative estimate of drug-likeness (QED) is 0.121. The van der Waals surface area contributed by atoms with E-state index in [0.717, 1.165) is 25.5 Å². The van der Waals surface area contributed by atoms with Crippen molar-refractivity contribution in [2.45, 2.75) is 115 Å². The van der Waals surface area contributed by atoms with Crippen molar-refractivity contribution in [1.82, 2.24) is 5.32 Å². The van der Waals surface area contributed by atoms with Crippen LogP contribution in [-0.2, 0) is 19.1 Å². The molecule has 0 spiro atoms. The molecule has 1 amide bonds. The van der Waals surface area contributed by atoms with Gasteiger partial charge in [0, 0.05) is 19.1 Å². The van der Waals surface area contributed by atoms with Gasteiger partial charge in [-0.3, -0.25) is 4.79 Å². The summed E-state index contributed by atoms with van der Waals surface area (Å²) >= 11 is 0. The molecule has 0 fully saturated rings. The number of ether oxygens (including phenoxy) is 2. The van der Waals surface area contributed by atoms with Crippen LogP contribution in [0.2, 0.25) is 0 Å². The van der Waals surface area contributed by atoms with E-state index in [4.69, 9.17) is 20.0 Å². The fourth-order valence-electron chi connectivity index (χ4n) is 4.20. The Kier molecular flexibility index (Phi) is 16.2. The number of alkyl halides is 1. The minimum Gasteiger partial charge on any atom is -0.478 e. The number of aliphatic hydroxyl groups excluding tert-OH is 2. The first kappa shape index (κ1) is 31.0. The fourth-order valence-corrected chi connectivity index (χ4v) is 4.20. The van der Waals surface area contributed by atoms with Gasteiger partial charge in [-0.2, -0.15) is 0 Å². The lowest BCUT2D eigenvalue weighted by Crippen LogP contribution is -2.57. The van der Waals surface area contributed by atoms with Crippen molar-refractivity contribution in [3.63, 3.8) is 0 Å². The van der Waals surface area contributed by atoms with Gasteiger partial charge in [0.05, 0.1) is 19.3 Å². The summed E-state index contributed by atoms with van der Waals surface area (Å²) in [5.41, 5.74) is 0. The van der Waals surface area contributed by atoms with E-state index in [-0.39, 0.29) is 12.4 Å². The first-order valence-corrected chi connectivity index (χ1v) is 13.1. The maximum atomic E-state index is 14.8. The Morgan fingerprint density at radius 3 is 2.14 bits per heavy atom. The number of unbranched alkanes of at least 4 members (excludes halogenated alkanes) is 11. The summed E-state index contributed by atoms with van der Waals surface area (Å²) in [6.45, 7) is 2.80. The molecule has 35 heavy (non-hydrogen) atoms. The topological polar surface area (TPSA) is 129 Å². The number of rotatable bonds is 19. The second-order valence-electron chi connectivity index (χ2n) is 9.30. The molecule has 3 unspecified atom stereocenters. The van der Waals surface area contributed by atoms with Crippen molar-refractivity contribution in [1.29, 1.82) is 5.41 Å². The largest absolute Gasteiger partial charge is 0.478 e. The number of carbonyl (C=O) groups is 2. The van der Waals surface area contributed by atoms with Crippen molar-refractivity contribution < 1.29 is 33.7 Å². The zero-order valence-electron chi connectivity index (χ0n) is 21.3. The average Bonchev–Trinajstić information content (AvgIpc) is 2.85. The van der Waals surface area contributed by atoms with Crippen LogP contribution in [0, 0.1) is 11.3 Å². The molecule has 5 atom stereocenters. The van der Waals surface area contributed by atoms with Crippen LogP contribution in [0.4, 0.5) is 4.39 Å². The number of nitrogens with one attached hydrogen (secondary N) is 2. The van der Waals surface area contributed by atoms with Gasteiger partial charge in [0.1, 0.15) is 6.10 Å². The van der Waals surface area contributed by atoms with Gasteiger partial charge >= 0.3 is 5.97 Å². The molecule has 1 rings (SSSR count). The van der Waals surface area contributed by atoms with Crippen LogP contribution in [0.5, 0.6) is 0 Å². The molecule has 0 radical (unpaired) electrons. The van der Waals surface area contributed by atoms with Crippen LogP contribution in [0.15, 0.2) is 11.8 Å². The Morgan fingerprint density at radius 2 is 1.66 bits per heavy atom. The molecule has 1 aliphatic rings. The molecule has 202 valence electrons. The summed E-state index contributed by atoms with van der Waals surface area (Å²) in [6, 6.07) is -1.02. The molecule has 0 saturated carbocycles. The van der Waals surface area contributed by atoms with Crippen molar-refractivity contribution in [2.24, 2.45) is 5.92 Å². The average molecular weight is 501 g/mol. The molecule has 0 aromatic heterocycles. The number of esters is 1. The Bertz CT molecular complexity index is 660. The summed E-state index contributed by atoms with van der Waals surface area (Å²) in [5, 5.41) is 29.0. The van der Waals surface area contributed by atoms with E-state index in [1.807, 2.05) is 0 Å². The Morgan fingerprint density at radius 1 is 1.11 bits per heavy atom. The summed E-state index contributed by atoms with van der Waals surface area (Å²) < 4.78 is 25.5. The number of hydrogen-bond acceptors (Lipinski definition) is 7. The highest BCUT2D eigenvalue weighted by Gasteiger charge is 2.44. The molecular weight excluding hydrogens is 455 g/mol. The SMILES string of the molecule is CCCCCCCCCCCCCCOC(=O)C1=C[C@H](C=N)C(NC(C)=O)[C@H](C(F)C(O)CO)O1. The van der Waals surface area contributed by atoms with Crippen LogP contribution in [-0.4, -0.2) is 65.9 Å². The molecule has 0 saturated heterocycles. The van der Waals surface area contributed by atoms with Gasteiger partial charge in [0.2, 0.25) is 11.7 Å². The van der Waals surface area contributed by atoms with Crippen LogP contribution in [0.3, 0.4) is 0 Å². The summed E-state index contributed by atoms with van der Waals surface area (Å²) in [6.07, 6.45) is 11.2. The van der Waals surface area contributed by atoms with Crippen LogP contribution in [0.1, 0.15) is 90.9 Å². The Hall–Kier alpha value is -2.00. The van der Waals surface area contributed by atoms with Gasteiger partial charge < -0.3 is 30.4 Å². The van der Waals surface area contributed by atoms with E-state index in [0.29, 0.717) is 6.42 Å². The third-order valence-electron chi connectivity index (χ3n) is 6.24. The van der Waals surface area contributed by atoms with Crippen LogP contribution >= 0.6 is 0 Å². The molecule has 0 aromatic carbocycles. The second-order valence-corrected chi connectivity index (χ2v) is 9.30. The van der Waals surface area contributed by atoms with Crippen molar-refractivity contribution in [2.75, 3.05) is 13.2 Å². The second kappa shape index (κ2) is 18.3. The maximum Gasteiger partial charge on any atom is 0.373 e. The van der Waals surface area contributed by atoms with Gasteiger partial charge in [0.15, 0.2) is 12.3 Å². The number of aliphatic hydroxyl groups is 2. The van der Waals surface area contributed by atoms with E-state index in [9.17, 15) is 19.1 Å². The van der Waals surface area contributed by atoms with E-state index in [1.54, 1.807) is 0 Å². The molecular formula is C26H45FN2O6. The summed E-state index contributed by atoms with van der Waals surface area (Å²) in [5.74, 6) is -2.36. The standard InChI is InChI=1S/C26H45FN2O6/c1-3-4-5-6-7-8-9-10-11-12-13-14-15-34-26(33)22-16-20(17-28)24(29-19(2)31)25(35-22)23(27)21(32)18-30/h16-17,20-21,23-25,28,30,32H,3-15,18H2,1-2H3,(H,29,31)/t20-,21?,23?,24?,25+/m1/s1. The molecule has 0 aromatic rings. The highest BCUT2D eigenvalue weighted by molar-refractivity contribution is 5.87. The molecule has 1 aliphatic heterocycles. The monoisotopic (exact) mass is 500 g/mol. The smallest absolute Gasteiger partial charge is 0.373 e.